The molecule has 0 amide bonds. The van der Waals surface area contributed by atoms with Crippen LogP contribution < -0.4 is 21.1 Å². The number of hydrogen-bond donors (Lipinski definition) is 3. The van der Waals surface area contributed by atoms with E-state index in [-0.39, 0.29) is 17.3 Å². The van der Waals surface area contributed by atoms with Crippen LogP contribution in [0.1, 0.15) is 18.0 Å². The van der Waals surface area contributed by atoms with Crippen LogP contribution in [0, 0.1) is 5.82 Å². The molecule has 1 aromatic heterocycles. The van der Waals surface area contributed by atoms with Gasteiger partial charge >= 0.3 is 5.97 Å². The van der Waals surface area contributed by atoms with Crippen molar-refractivity contribution in [2.75, 3.05) is 10.6 Å². The smallest absolute Gasteiger partial charge is 0.313 e. The minimum atomic E-state index is -0.696. The molecule has 4 rings (SSSR count). The number of carbonyl (C=O) groups excluding carboxylic acids is 1. The van der Waals surface area contributed by atoms with Crippen molar-refractivity contribution in [2.24, 2.45) is 5.73 Å². The number of halogens is 1. The molecule has 176 valence electrons. The zero-order chi connectivity index (χ0) is 24.6. The lowest BCUT2D eigenvalue weighted by molar-refractivity contribution is -0.134. The summed E-state index contributed by atoms with van der Waals surface area (Å²) < 4.78 is 18.9. The highest BCUT2D eigenvalue weighted by atomic mass is 32.1. The number of hydrogen-bond acceptors (Lipinski definition) is 6. The summed E-state index contributed by atoms with van der Waals surface area (Å²) in [7, 11) is 0. The Hall–Kier alpha value is -4.21. The lowest BCUT2D eigenvalue weighted by atomic mass is 10.0. The molecule has 35 heavy (non-hydrogen) atoms. The van der Waals surface area contributed by atoms with Crippen molar-refractivity contribution in [3.8, 4) is 17.0 Å². The standard InChI is InChI=1S/C26H22FN5O2S/c27-19-10-6-9-18(15-19)20(28)16-25(33)34-23-12-5-4-11-22(23)29-26(35)30-24-14-13-21(31-32-24)17-7-2-1-3-8-17/h1-15,20H,16,28H2,(H2,29,30,32,35). The zero-order valence-electron chi connectivity index (χ0n) is 18.5. The SMILES string of the molecule is NC(CC(=O)Oc1ccccc1NC(=S)Nc1ccc(-c2ccccc2)nn1)c1cccc(F)c1. The number of nitrogens with zero attached hydrogens (tertiary/aromatic N) is 2. The second-order valence-electron chi connectivity index (χ2n) is 7.58. The Balaban J connectivity index is 1.36. The van der Waals surface area contributed by atoms with Crippen LogP contribution in [0.25, 0.3) is 11.3 Å². The summed E-state index contributed by atoms with van der Waals surface area (Å²) in [5, 5.41) is 14.6. The van der Waals surface area contributed by atoms with Gasteiger partial charge in [0.2, 0.25) is 0 Å². The quantitative estimate of drug-likeness (QED) is 0.188. The maximum atomic E-state index is 13.4. The first kappa shape index (κ1) is 23.9. The van der Waals surface area contributed by atoms with E-state index in [9.17, 15) is 9.18 Å². The van der Waals surface area contributed by atoms with E-state index in [4.69, 9.17) is 22.7 Å². The number of carbonyl (C=O) groups is 1. The number of benzene rings is 3. The number of ether oxygens (including phenoxy) is 1. The first-order chi connectivity index (χ1) is 17.0. The van der Waals surface area contributed by atoms with E-state index in [0.29, 0.717) is 17.1 Å². The van der Waals surface area contributed by atoms with Gasteiger partial charge in [-0.25, -0.2) is 4.39 Å². The van der Waals surface area contributed by atoms with Gasteiger partial charge in [-0.15, -0.1) is 10.2 Å². The first-order valence-corrected chi connectivity index (χ1v) is 11.2. The topological polar surface area (TPSA) is 102 Å². The summed E-state index contributed by atoms with van der Waals surface area (Å²) in [6.07, 6.45) is -0.121. The molecule has 4 N–H and O–H groups in total. The van der Waals surface area contributed by atoms with Crippen LogP contribution in [-0.2, 0) is 4.79 Å². The summed E-state index contributed by atoms with van der Waals surface area (Å²) in [6, 6.07) is 25.3. The Morgan fingerprint density at radius 3 is 2.46 bits per heavy atom. The summed E-state index contributed by atoms with van der Waals surface area (Å²) in [6.45, 7) is 0. The van der Waals surface area contributed by atoms with E-state index >= 15 is 0 Å². The van der Waals surface area contributed by atoms with Gasteiger partial charge < -0.3 is 21.1 Å². The number of esters is 1. The number of aromatic nitrogens is 2. The van der Waals surface area contributed by atoms with Crippen LogP contribution in [-0.4, -0.2) is 21.3 Å². The summed E-state index contributed by atoms with van der Waals surface area (Å²) in [4.78, 5) is 12.5. The van der Waals surface area contributed by atoms with Gasteiger partial charge in [0, 0.05) is 11.6 Å². The molecule has 3 aromatic carbocycles. The molecule has 0 fully saturated rings. The lowest BCUT2D eigenvalue weighted by Gasteiger charge is -2.15. The normalized spacial score (nSPS) is 11.4. The average molecular weight is 488 g/mol. The molecular weight excluding hydrogens is 465 g/mol. The van der Waals surface area contributed by atoms with Crippen LogP contribution in [0.15, 0.2) is 91.0 Å². The number of rotatable bonds is 7. The fourth-order valence-electron chi connectivity index (χ4n) is 3.29. The molecule has 0 aliphatic heterocycles. The third kappa shape index (κ3) is 6.66. The molecule has 0 radical (unpaired) electrons. The largest absolute Gasteiger partial charge is 0.424 e. The van der Waals surface area contributed by atoms with E-state index in [0.717, 1.165) is 11.3 Å². The third-order valence-electron chi connectivity index (χ3n) is 5.00. The van der Waals surface area contributed by atoms with Crippen LogP contribution in [0.4, 0.5) is 15.9 Å². The predicted molar refractivity (Wildman–Crippen MR) is 137 cm³/mol. The van der Waals surface area contributed by atoms with Crippen molar-refractivity contribution in [1.29, 1.82) is 0 Å². The molecule has 0 aliphatic rings. The van der Waals surface area contributed by atoms with Crippen molar-refractivity contribution in [3.63, 3.8) is 0 Å². The van der Waals surface area contributed by atoms with Gasteiger partial charge in [0.15, 0.2) is 16.7 Å². The Morgan fingerprint density at radius 2 is 1.71 bits per heavy atom. The van der Waals surface area contributed by atoms with E-state index in [2.05, 4.69) is 20.8 Å². The maximum Gasteiger partial charge on any atom is 0.313 e. The molecule has 0 saturated carbocycles. The number of para-hydroxylation sites is 2. The van der Waals surface area contributed by atoms with Gasteiger partial charge in [0.05, 0.1) is 17.8 Å². The summed E-state index contributed by atoms with van der Waals surface area (Å²) in [5.74, 6) is -0.241. The van der Waals surface area contributed by atoms with Gasteiger partial charge in [-0.05, 0) is 54.2 Å². The zero-order valence-corrected chi connectivity index (χ0v) is 19.3. The van der Waals surface area contributed by atoms with Gasteiger partial charge in [0.1, 0.15) is 5.82 Å². The van der Waals surface area contributed by atoms with Crippen LogP contribution in [0.2, 0.25) is 0 Å². The van der Waals surface area contributed by atoms with Crippen molar-refractivity contribution in [1.82, 2.24) is 10.2 Å². The van der Waals surface area contributed by atoms with Crippen molar-refractivity contribution >= 4 is 34.8 Å². The molecule has 0 aliphatic carbocycles. The molecule has 7 nitrogen and oxygen atoms in total. The van der Waals surface area contributed by atoms with Crippen LogP contribution in [0.5, 0.6) is 5.75 Å². The molecule has 1 unspecified atom stereocenters. The van der Waals surface area contributed by atoms with Crippen molar-refractivity contribution < 1.29 is 13.9 Å². The van der Waals surface area contributed by atoms with E-state index < -0.39 is 17.8 Å². The maximum absolute atomic E-state index is 13.4. The van der Waals surface area contributed by atoms with Crippen LogP contribution >= 0.6 is 12.2 Å². The van der Waals surface area contributed by atoms with E-state index in [1.807, 2.05) is 36.4 Å². The Morgan fingerprint density at radius 1 is 0.943 bits per heavy atom. The van der Waals surface area contributed by atoms with Crippen molar-refractivity contribution in [2.45, 2.75) is 12.5 Å². The van der Waals surface area contributed by atoms with Gasteiger partial charge in [-0.1, -0.05) is 54.6 Å². The lowest BCUT2D eigenvalue weighted by Crippen LogP contribution is -2.22. The Kier molecular flexibility index (Phi) is 7.71. The Bertz CT molecular complexity index is 1320. The minimum Gasteiger partial charge on any atom is -0.424 e. The highest BCUT2D eigenvalue weighted by molar-refractivity contribution is 7.80. The molecule has 0 bridgehead atoms. The number of nitrogens with two attached hydrogens (primary N) is 1. The average Bonchev–Trinajstić information content (AvgIpc) is 2.86. The van der Waals surface area contributed by atoms with Gasteiger partial charge in [-0.2, -0.15) is 0 Å². The molecule has 0 spiro atoms. The number of nitrogens with one attached hydrogen (secondary N) is 2. The summed E-state index contributed by atoms with van der Waals surface area (Å²) in [5.41, 5.74) is 8.73. The highest BCUT2D eigenvalue weighted by Crippen LogP contribution is 2.26. The second kappa shape index (κ2) is 11.3. The van der Waals surface area contributed by atoms with E-state index in [1.165, 1.54) is 12.1 Å². The summed E-state index contributed by atoms with van der Waals surface area (Å²) >= 11 is 5.38. The molecule has 0 saturated heterocycles. The molecule has 1 heterocycles. The van der Waals surface area contributed by atoms with E-state index in [1.54, 1.807) is 42.5 Å². The predicted octanol–water partition coefficient (Wildman–Crippen LogP) is 5.09. The molecule has 4 aromatic rings. The third-order valence-corrected chi connectivity index (χ3v) is 5.20. The molecule has 9 heteroatoms. The number of thiocarbonyl (C=S) groups is 1. The fourth-order valence-corrected chi connectivity index (χ4v) is 3.50. The Labute approximate surface area is 207 Å². The second-order valence-corrected chi connectivity index (χ2v) is 7.99. The van der Waals surface area contributed by atoms with Crippen LogP contribution in [0.3, 0.4) is 0 Å². The van der Waals surface area contributed by atoms with Gasteiger partial charge in [0.25, 0.3) is 0 Å². The minimum absolute atomic E-state index is 0.121. The first-order valence-electron chi connectivity index (χ1n) is 10.8. The number of anilines is 2. The monoisotopic (exact) mass is 487 g/mol. The van der Waals surface area contributed by atoms with Crippen molar-refractivity contribution in [3.05, 3.63) is 102 Å². The highest BCUT2D eigenvalue weighted by Gasteiger charge is 2.16. The fraction of sp³-hybridized carbons (Fsp3) is 0.0769. The van der Waals surface area contributed by atoms with Gasteiger partial charge in [-0.3, -0.25) is 4.79 Å². The molecular formula is C26H22FN5O2S. The molecule has 1 atom stereocenters.